The lowest BCUT2D eigenvalue weighted by molar-refractivity contribution is -0.114. The number of amides is 1. The van der Waals surface area contributed by atoms with Crippen molar-refractivity contribution in [1.82, 2.24) is 4.98 Å². The second-order valence-electron chi connectivity index (χ2n) is 6.54. The molecule has 6 heteroatoms. The van der Waals surface area contributed by atoms with Crippen LogP contribution in [0.25, 0.3) is 6.08 Å². The zero-order chi connectivity index (χ0) is 20.2. The molecule has 0 spiro atoms. The number of pyridine rings is 1. The normalized spacial score (nSPS) is 17.6. The Bertz CT molecular complexity index is 1010. The van der Waals surface area contributed by atoms with Crippen LogP contribution in [0.5, 0.6) is 5.88 Å². The molecule has 146 valence electrons. The van der Waals surface area contributed by atoms with Gasteiger partial charge in [0.05, 0.1) is 12.0 Å². The number of rotatable bonds is 5. The predicted molar refractivity (Wildman–Crippen MR) is 119 cm³/mol. The van der Waals surface area contributed by atoms with Gasteiger partial charge in [0, 0.05) is 30.7 Å². The quantitative estimate of drug-likeness (QED) is 0.581. The first-order valence-corrected chi connectivity index (χ1v) is 10.1. The molecule has 5 nitrogen and oxygen atoms in total. The highest BCUT2D eigenvalue weighted by Crippen LogP contribution is 2.41. The Balaban J connectivity index is 1.70. The third-order valence-corrected chi connectivity index (χ3v) is 5.96. The molecule has 1 fully saturated rings. The second-order valence-corrected chi connectivity index (χ2v) is 7.64. The van der Waals surface area contributed by atoms with Gasteiger partial charge in [0.25, 0.3) is 5.91 Å². The van der Waals surface area contributed by atoms with Gasteiger partial charge in [-0.1, -0.05) is 48.2 Å². The van der Waals surface area contributed by atoms with E-state index in [-0.39, 0.29) is 11.4 Å². The van der Waals surface area contributed by atoms with E-state index in [4.69, 9.17) is 4.74 Å². The molecule has 1 aromatic heterocycles. The maximum Gasteiger partial charge on any atom is 0.267 e. The monoisotopic (exact) mass is 403 g/mol. The molecule has 1 unspecified atom stereocenters. The zero-order valence-corrected chi connectivity index (χ0v) is 17.0. The molecule has 0 saturated carbocycles. The fourth-order valence-electron chi connectivity index (χ4n) is 3.16. The number of methoxy groups -OCH3 is 1. The topological polar surface area (TPSA) is 45.7 Å². The minimum absolute atomic E-state index is 0.0233. The van der Waals surface area contributed by atoms with Crippen LogP contribution in [-0.2, 0) is 4.79 Å². The summed E-state index contributed by atoms with van der Waals surface area (Å²) in [5.74, 6) is 0.523. The molecule has 0 N–H and O–H groups in total. The van der Waals surface area contributed by atoms with Gasteiger partial charge in [-0.3, -0.25) is 9.69 Å². The molecule has 1 saturated heterocycles. The Hall–Kier alpha value is -3.25. The number of nitrogens with zero attached hydrogens (tertiary/aromatic N) is 3. The van der Waals surface area contributed by atoms with Crippen molar-refractivity contribution in [3.05, 3.63) is 89.5 Å². The molecular weight excluding hydrogens is 382 g/mol. The van der Waals surface area contributed by atoms with Gasteiger partial charge >= 0.3 is 0 Å². The number of anilines is 2. The number of hydrogen-bond donors (Lipinski definition) is 0. The van der Waals surface area contributed by atoms with E-state index >= 15 is 0 Å². The van der Waals surface area contributed by atoms with E-state index in [1.807, 2.05) is 84.8 Å². The molecule has 3 aromatic rings. The van der Waals surface area contributed by atoms with Crippen molar-refractivity contribution in [3.63, 3.8) is 0 Å². The van der Waals surface area contributed by atoms with Crippen molar-refractivity contribution in [3.8, 4) is 5.88 Å². The molecule has 29 heavy (non-hydrogen) atoms. The first kappa shape index (κ1) is 19.1. The highest BCUT2D eigenvalue weighted by atomic mass is 32.2. The number of para-hydroxylation sites is 2. The van der Waals surface area contributed by atoms with Crippen molar-refractivity contribution < 1.29 is 9.53 Å². The highest BCUT2D eigenvalue weighted by Gasteiger charge is 2.39. The molecule has 0 bridgehead atoms. The molecule has 1 aliphatic rings. The number of aromatic nitrogens is 1. The third-order valence-electron chi connectivity index (χ3n) is 4.68. The van der Waals surface area contributed by atoms with Crippen LogP contribution in [0.1, 0.15) is 5.56 Å². The SMILES string of the molecule is COc1ccc(/C=C2\SC(N(C)c3ccccc3)N(c3ccccc3)C2=O)cn1. The summed E-state index contributed by atoms with van der Waals surface area (Å²) in [5, 5.41) is 0. The molecule has 2 aromatic carbocycles. The van der Waals surface area contributed by atoms with Crippen molar-refractivity contribution in [2.24, 2.45) is 0 Å². The standard InChI is InChI=1S/C23H21N3O2S/c1-25(18-9-5-3-6-10-18)23-26(19-11-7-4-8-12-19)22(27)20(29-23)15-17-13-14-21(28-2)24-16-17/h3-16,23H,1-2H3/b20-15-. The molecule has 1 aliphatic heterocycles. The summed E-state index contributed by atoms with van der Waals surface area (Å²) < 4.78 is 5.11. The molecule has 0 radical (unpaired) electrons. The summed E-state index contributed by atoms with van der Waals surface area (Å²) >= 11 is 1.53. The Labute approximate surface area is 174 Å². The van der Waals surface area contributed by atoms with Gasteiger partial charge < -0.3 is 9.64 Å². The van der Waals surface area contributed by atoms with Gasteiger partial charge in [0.1, 0.15) is 0 Å². The minimum atomic E-state index is -0.190. The minimum Gasteiger partial charge on any atom is -0.481 e. The van der Waals surface area contributed by atoms with E-state index in [9.17, 15) is 4.79 Å². The number of benzene rings is 2. The fraction of sp³-hybridized carbons (Fsp3) is 0.130. The van der Waals surface area contributed by atoms with Crippen LogP contribution in [0, 0.1) is 0 Å². The molecule has 4 rings (SSSR count). The number of hydrogen-bond acceptors (Lipinski definition) is 5. The number of carbonyl (C=O) groups is 1. The average Bonchev–Trinajstić information content (AvgIpc) is 3.11. The van der Waals surface area contributed by atoms with Crippen LogP contribution >= 0.6 is 11.8 Å². The van der Waals surface area contributed by atoms with Gasteiger partial charge in [-0.05, 0) is 42.0 Å². The van der Waals surface area contributed by atoms with Crippen LogP contribution in [0.2, 0.25) is 0 Å². The van der Waals surface area contributed by atoms with Crippen molar-refractivity contribution >= 4 is 35.1 Å². The zero-order valence-electron chi connectivity index (χ0n) is 16.2. The largest absolute Gasteiger partial charge is 0.481 e. The van der Waals surface area contributed by atoms with E-state index < -0.39 is 0 Å². The Morgan fingerprint density at radius 3 is 2.34 bits per heavy atom. The number of carbonyl (C=O) groups excluding carboxylic acids is 1. The summed E-state index contributed by atoms with van der Waals surface area (Å²) in [6, 6.07) is 23.5. The van der Waals surface area contributed by atoms with Crippen LogP contribution in [0.15, 0.2) is 83.9 Å². The Morgan fingerprint density at radius 1 is 1.03 bits per heavy atom. The maximum atomic E-state index is 13.3. The van der Waals surface area contributed by atoms with E-state index in [1.165, 1.54) is 11.8 Å². The highest BCUT2D eigenvalue weighted by molar-refractivity contribution is 8.05. The van der Waals surface area contributed by atoms with Gasteiger partial charge in [0.2, 0.25) is 5.88 Å². The lowest BCUT2D eigenvalue weighted by atomic mass is 10.2. The van der Waals surface area contributed by atoms with Gasteiger partial charge in [0.15, 0.2) is 5.50 Å². The van der Waals surface area contributed by atoms with Crippen LogP contribution in [-0.4, -0.2) is 30.5 Å². The lowest BCUT2D eigenvalue weighted by Gasteiger charge is -2.32. The summed E-state index contributed by atoms with van der Waals surface area (Å²) in [5.41, 5.74) is 2.59. The smallest absolute Gasteiger partial charge is 0.267 e. The molecule has 0 aliphatic carbocycles. The van der Waals surface area contributed by atoms with E-state index in [1.54, 1.807) is 19.4 Å². The third kappa shape index (κ3) is 3.98. The van der Waals surface area contributed by atoms with Gasteiger partial charge in [-0.2, -0.15) is 0 Å². The Kier molecular flexibility index (Phi) is 5.53. The summed E-state index contributed by atoms with van der Waals surface area (Å²) in [6.45, 7) is 0. The first-order valence-electron chi connectivity index (χ1n) is 9.22. The van der Waals surface area contributed by atoms with Crippen molar-refractivity contribution in [2.45, 2.75) is 5.50 Å². The van der Waals surface area contributed by atoms with Gasteiger partial charge in [-0.25, -0.2) is 4.98 Å². The summed E-state index contributed by atoms with van der Waals surface area (Å²) in [6.07, 6.45) is 3.59. The lowest BCUT2D eigenvalue weighted by Crippen LogP contribution is -2.43. The number of thioether (sulfide) groups is 1. The summed E-state index contributed by atoms with van der Waals surface area (Å²) in [4.78, 5) is 22.2. The number of ether oxygens (including phenoxy) is 1. The molecule has 2 heterocycles. The van der Waals surface area contributed by atoms with Crippen molar-refractivity contribution in [1.29, 1.82) is 0 Å². The van der Waals surface area contributed by atoms with Crippen LogP contribution in [0.4, 0.5) is 11.4 Å². The van der Waals surface area contributed by atoms with Gasteiger partial charge in [-0.15, -0.1) is 0 Å². The summed E-state index contributed by atoms with van der Waals surface area (Å²) in [7, 11) is 3.59. The molecular formula is C23H21N3O2S. The Morgan fingerprint density at radius 2 is 1.72 bits per heavy atom. The van der Waals surface area contributed by atoms with Crippen molar-refractivity contribution in [2.75, 3.05) is 24.0 Å². The molecule has 1 amide bonds. The second kappa shape index (κ2) is 8.41. The first-order chi connectivity index (χ1) is 14.2. The molecule has 1 atom stereocenters. The van der Waals surface area contributed by atoms with E-state index in [0.717, 1.165) is 16.9 Å². The van der Waals surface area contributed by atoms with E-state index in [2.05, 4.69) is 9.88 Å². The predicted octanol–water partition coefficient (Wildman–Crippen LogP) is 4.63. The van der Waals surface area contributed by atoms with E-state index in [0.29, 0.717) is 10.8 Å². The average molecular weight is 404 g/mol. The maximum absolute atomic E-state index is 13.3. The van der Waals surface area contributed by atoms with Crippen LogP contribution < -0.4 is 14.5 Å². The van der Waals surface area contributed by atoms with Crippen LogP contribution in [0.3, 0.4) is 0 Å². The fourth-order valence-corrected chi connectivity index (χ4v) is 4.39.